The van der Waals surface area contributed by atoms with Crippen molar-refractivity contribution in [2.24, 2.45) is 0 Å². The van der Waals surface area contributed by atoms with Gasteiger partial charge in [0, 0.05) is 37.1 Å². The highest BCUT2D eigenvalue weighted by atomic mass is 32.2. The van der Waals surface area contributed by atoms with Crippen molar-refractivity contribution in [1.82, 2.24) is 9.78 Å². The number of anilines is 2. The summed E-state index contributed by atoms with van der Waals surface area (Å²) in [4.78, 5) is 17.0. The Bertz CT molecular complexity index is 920. The summed E-state index contributed by atoms with van der Waals surface area (Å²) in [5, 5.41) is 4.66. The minimum absolute atomic E-state index is 0.0886. The Morgan fingerprint density at radius 2 is 2.03 bits per heavy atom. The highest BCUT2D eigenvalue weighted by molar-refractivity contribution is 7.99. The van der Waals surface area contributed by atoms with Crippen LogP contribution in [-0.4, -0.2) is 53.1 Å². The highest BCUT2D eigenvalue weighted by Crippen LogP contribution is 2.39. The van der Waals surface area contributed by atoms with Crippen LogP contribution in [0.25, 0.3) is 11.1 Å². The topological polar surface area (TPSA) is 50.6 Å². The van der Waals surface area contributed by atoms with E-state index in [1.54, 1.807) is 0 Å². The molecule has 3 heterocycles. The van der Waals surface area contributed by atoms with Crippen molar-refractivity contribution in [2.75, 3.05) is 34.9 Å². The Labute approximate surface area is 182 Å². The first-order valence-corrected chi connectivity index (χ1v) is 12.2. The van der Waals surface area contributed by atoms with Gasteiger partial charge in [-0.2, -0.15) is 16.9 Å². The maximum Gasteiger partial charge on any atom is 0.414 e. The van der Waals surface area contributed by atoms with Crippen LogP contribution in [0.5, 0.6) is 0 Å². The van der Waals surface area contributed by atoms with Crippen LogP contribution in [0.4, 0.5) is 16.2 Å². The van der Waals surface area contributed by atoms with Gasteiger partial charge in [-0.05, 0) is 62.5 Å². The minimum Gasteiger partial charge on any atom is -0.446 e. The third kappa shape index (κ3) is 3.68. The predicted molar refractivity (Wildman–Crippen MR) is 123 cm³/mol. The van der Waals surface area contributed by atoms with E-state index in [1.807, 2.05) is 22.9 Å². The average molecular weight is 427 g/mol. The number of carbonyl (C=O) groups is 1. The number of ether oxygens (including phenoxy) is 1. The highest BCUT2D eigenvalue weighted by Gasteiger charge is 2.33. The molecule has 1 aliphatic carbocycles. The Morgan fingerprint density at radius 3 is 2.77 bits per heavy atom. The smallest absolute Gasteiger partial charge is 0.414 e. The molecule has 1 saturated carbocycles. The zero-order valence-corrected chi connectivity index (χ0v) is 18.6. The molecule has 2 aromatic rings. The number of benzene rings is 1. The number of hydrogen-bond acceptors (Lipinski definition) is 5. The maximum atomic E-state index is 12.9. The van der Waals surface area contributed by atoms with Crippen LogP contribution in [0.2, 0.25) is 0 Å². The second-order valence-electron chi connectivity index (χ2n) is 8.79. The third-order valence-corrected chi connectivity index (χ3v) is 7.94. The fourth-order valence-corrected chi connectivity index (χ4v) is 5.56. The summed E-state index contributed by atoms with van der Waals surface area (Å²) in [6.07, 6.45) is 9.56. The SMILES string of the molecule is CC1CN(C(=O)OC2CCC2)c2cc(-c3cnn(C4CCCSC4)c3)ccc2N1C. The summed E-state index contributed by atoms with van der Waals surface area (Å²) < 4.78 is 7.87. The van der Waals surface area contributed by atoms with Gasteiger partial charge in [-0.3, -0.25) is 9.58 Å². The summed E-state index contributed by atoms with van der Waals surface area (Å²) >= 11 is 2.01. The molecular weight excluding hydrogens is 396 g/mol. The largest absolute Gasteiger partial charge is 0.446 e. The average Bonchev–Trinajstić information content (AvgIpc) is 3.24. The van der Waals surface area contributed by atoms with E-state index in [4.69, 9.17) is 4.74 Å². The van der Waals surface area contributed by atoms with E-state index < -0.39 is 0 Å². The number of thioether (sulfide) groups is 1. The van der Waals surface area contributed by atoms with E-state index in [9.17, 15) is 4.79 Å². The van der Waals surface area contributed by atoms with Crippen molar-refractivity contribution in [3.8, 4) is 11.1 Å². The van der Waals surface area contributed by atoms with Crippen molar-refractivity contribution in [3.05, 3.63) is 30.6 Å². The number of rotatable bonds is 3. The first kappa shape index (κ1) is 19.8. The second kappa shape index (κ2) is 8.17. The second-order valence-corrected chi connectivity index (χ2v) is 9.94. The van der Waals surface area contributed by atoms with Crippen LogP contribution < -0.4 is 9.80 Å². The van der Waals surface area contributed by atoms with Crippen LogP contribution in [0.1, 0.15) is 45.1 Å². The Morgan fingerprint density at radius 1 is 1.17 bits per heavy atom. The number of hydrogen-bond donors (Lipinski definition) is 0. The van der Waals surface area contributed by atoms with Gasteiger partial charge in [0.25, 0.3) is 0 Å². The molecule has 2 unspecified atom stereocenters. The Hall–Kier alpha value is -2.15. The van der Waals surface area contributed by atoms with Crippen molar-refractivity contribution in [2.45, 2.75) is 57.2 Å². The lowest BCUT2D eigenvalue weighted by Gasteiger charge is -2.41. The van der Waals surface area contributed by atoms with Crippen molar-refractivity contribution < 1.29 is 9.53 Å². The molecule has 160 valence electrons. The number of likely N-dealkylation sites (N-methyl/N-ethyl adjacent to an activating group) is 1. The standard InChI is InChI=1S/C23H30N4O2S/c1-16-13-26(23(28)29-20-6-3-7-20)22-11-17(8-9-21(22)25(16)2)18-12-24-27(14-18)19-5-4-10-30-15-19/h8-9,11-12,14,16,19-20H,3-7,10,13,15H2,1-2H3. The number of amides is 1. The molecule has 3 aliphatic rings. The molecule has 6 nitrogen and oxygen atoms in total. The van der Waals surface area contributed by atoms with Crippen LogP contribution in [0, 0.1) is 0 Å². The van der Waals surface area contributed by atoms with Gasteiger partial charge in [-0.15, -0.1) is 0 Å². The van der Waals surface area contributed by atoms with Gasteiger partial charge >= 0.3 is 6.09 Å². The van der Waals surface area contributed by atoms with Crippen LogP contribution in [0.3, 0.4) is 0 Å². The molecule has 2 aliphatic heterocycles. The number of carbonyl (C=O) groups excluding carboxylic acids is 1. The fraction of sp³-hybridized carbons (Fsp3) is 0.565. The summed E-state index contributed by atoms with van der Waals surface area (Å²) in [5.41, 5.74) is 4.19. The monoisotopic (exact) mass is 426 g/mol. The van der Waals surface area contributed by atoms with E-state index >= 15 is 0 Å². The van der Waals surface area contributed by atoms with Gasteiger partial charge in [-0.1, -0.05) is 6.07 Å². The molecule has 1 amide bonds. The van der Waals surface area contributed by atoms with E-state index in [2.05, 4.69) is 53.0 Å². The molecule has 2 atom stereocenters. The molecule has 7 heteroatoms. The van der Waals surface area contributed by atoms with E-state index in [0.717, 1.165) is 47.5 Å². The van der Waals surface area contributed by atoms with Gasteiger partial charge in [-0.25, -0.2) is 4.79 Å². The van der Waals surface area contributed by atoms with Gasteiger partial charge in [0.1, 0.15) is 6.10 Å². The quantitative estimate of drug-likeness (QED) is 0.695. The van der Waals surface area contributed by atoms with Crippen LogP contribution in [-0.2, 0) is 4.74 Å². The fourth-order valence-electron chi connectivity index (χ4n) is 4.43. The molecule has 0 radical (unpaired) electrons. The number of nitrogens with zero attached hydrogens (tertiary/aromatic N) is 4. The third-order valence-electron chi connectivity index (χ3n) is 6.74. The van der Waals surface area contributed by atoms with Crippen molar-refractivity contribution >= 4 is 29.2 Å². The van der Waals surface area contributed by atoms with Gasteiger partial charge in [0.05, 0.1) is 23.6 Å². The lowest BCUT2D eigenvalue weighted by atomic mass is 9.96. The summed E-state index contributed by atoms with van der Waals surface area (Å²) in [6.45, 7) is 2.78. The molecule has 1 aromatic heterocycles. The number of fused-ring (bicyclic) bond motifs is 1. The molecule has 0 spiro atoms. The molecule has 0 bridgehead atoms. The number of aromatic nitrogens is 2. The Kier molecular flexibility index (Phi) is 5.39. The first-order chi connectivity index (χ1) is 14.6. The molecule has 1 saturated heterocycles. The van der Waals surface area contributed by atoms with E-state index in [0.29, 0.717) is 12.6 Å². The molecule has 2 fully saturated rings. The molecule has 30 heavy (non-hydrogen) atoms. The van der Waals surface area contributed by atoms with Crippen LogP contribution in [0.15, 0.2) is 30.6 Å². The lowest BCUT2D eigenvalue weighted by Crippen LogP contribution is -2.49. The first-order valence-electron chi connectivity index (χ1n) is 11.1. The zero-order chi connectivity index (χ0) is 20.7. The predicted octanol–water partition coefficient (Wildman–Crippen LogP) is 4.95. The van der Waals surface area contributed by atoms with Gasteiger partial charge < -0.3 is 9.64 Å². The van der Waals surface area contributed by atoms with E-state index in [1.165, 1.54) is 18.6 Å². The van der Waals surface area contributed by atoms with Crippen molar-refractivity contribution in [1.29, 1.82) is 0 Å². The molecule has 5 rings (SSSR count). The van der Waals surface area contributed by atoms with E-state index in [-0.39, 0.29) is 18.2 Å². The van der Waals surface area contributed by atoms with Crippen LogP contribution >= 0.6 is 11.8 Å². The summed E-state index contributed by atoms with van der Waals surface area (Å²) in [7, 11) is 2.09. The lowest BCUT2D eigenvalue weighted by molar-refractivity contribution is 0.0570. The normalized spacial score (nSPS) is 24.3. The molecular formula is C23H30N4O2S. The molecule has 0 N–H and O–H groups in total. The zero-order valence-electron chi connectivity index (χ0n) is 17.8. The summed E-state index contributed by atoms with van der Waals surface area (Å²) in [6, 6.07) is 7.11. The van der Waals surface area contributed by atoms with Gasteiger partial charge in [0.2, 0.25) is 0 Å². The van der Waals surface area contributed by atoms with Crippen molar-refractivity contribution in [3.63, 3.8) is 0 Å². The van der Waals surface area contributed by atoms with Gasteiger partial charge in [0.15, 0.2) is 0 Å². The minimum atomic E-state index is -0.215. The maximum absolute atomic E-state index is 12.9. The summed E-state index contributed by atoms with van der Waals surface area (Å²) in [5.74, 6) is 2.39. The Balaban J connectivity index is 1.43. The molecule has 1 aromatic carbocycles.